The number of amides is 3. The highest BCUT2D eigenvalue weighted by Gasteiger charge is 2.45. The monoisotopic (exact) mass is 434 g/mol. The first-order valence-corrected chi connectivity index (χ1v) is 9.11. The minimum Gasteiger partial charge on any atom is -0.449 e. The molecule has 1 aliphatic heterocycles. The Hall–Kier alpha value is -3.69. The van der Waals surface area contributed by atoms with Crippen LogP contribution in [-0.2, 0) is 14.3 Å². The predicted octanol–water partition coefficient (Wildman–Crippen LogP) is 3.20. The lowest BCUT2D eigenvalue weighted by Gasteiger charge is -2.32. The molecule has 0 aliphatic carbocycles. The summed E-state index contributed by atoms with van der Waals surface area (Å²) in [6.45, 7) is 2.12. The number of ether oxygens (including phenoxy) is 1. The molecule has 1 aliphatic rings. The van der Waals surface area contributed by atoms with Gasteiger partial charge in [-0.3, -0.25) is 14.4 Å². The zero-order valence-corrected chi connectivity index (χ0v) is 16.5. The number of nitrogens with zero attached hydrogens (tertiary/aromatic N) is 2. The Morgan fingerprint density at radius 2 is 1.52 bits per heavy atom. The molecular weight excluding hydrogens is 417 g/mol. The van der Waals surface area contributed by atoms with Crippen molar-refractivity contribution in [1.82, 2.24) is 10.0 Å². The molecule has 1 unspecified atom stereocenters. The number of fused-ring (bicyclic) bond motifs is 1. The highest BCUT2D eigenvalue weighted by Crippen LogP contribution is 2.29. The van der Waals surface area contributed by atoms with Gasteiger partial charge in [-0.1, -0.05) is 42.0 Å². The van der Waals surface area contributed by atoms with Crippen LogP contribution in [0.25, 0.3) is 0 Å². The van der Waals surface area contributed by atoms with E-state index >= 15 is 0 Å². The molecular formula is C21H17F3N2O5. The third kappa shape index (κ3) is 4.42. The minimum atomic E-state index is -5.26. The van der Waals surface area contributed by atoms with Crippen molar-refractivity contribution in [2.75, 3.05) is 6.54 Å². The minimum absolute atomic E-state index is 0.0536. The van der Waals surface area contributed by atoms with E-state index in [1.165, 1.54) is 36.4 Å². The lowest BCUT2D eigenvalue weighted by molar-refractivity contribution is -0.207. The number of carbonyl (C=O) groups is 4. The molecule has 0 aromatic heterocycles. The molecule has 2 aromatic carbocycles. The first-order chi connectivity index (χ1) is 14.5. The third-order valence-electron chi connectivity index (χ3n) is 4.65. The quantitative estimate of drug-likeness (QED) is 0.533. The Balaban J connectivity index is 1.96. The van der Waals surface area contributed by atoms with Crippen molar-refractivity contribution < 1.29 is 37.1 Å². The maximum absolute atomic E-state index is 12.8. The zero-order valence-electron chi connectivity index (χ0n) is 16.5. The van der Waals surface area contributed by atoms with Crippen LogP contribution < -0.4 is 0 Å². The van der Waals surface area contributed by atoms with Gasteiger partial charge >= 0.3 is 12.1 Å². The molecule has 0 N–H and O–H groups in total. The summed E-state index contributed by atoms with van der Waals surface area (Å²) in [5.41, 5.74) is 1.07. The lowest BCUT2D eigenvalue weighted by Crippen LogP contribution is -2.51. The average Bonchev–Trinajstić information content (AvgIpc) is 2.95. The molecule has 7 nitrogen and oxygen atoms in total. The number of aryl methyl sites for hydroxylation is 1. The summed E-state index contributed by atoms with van der Waals surface area (Å²) in [6, 6.07) is 11.9. The van der Waals surface area contributed by atoms with E-state index in [0.29, 0.717) is 10.0 Å². The summed E-state index contributed by atoms with van der Waals surface area (Å²) in [5.74, 6) is -4.86. The topological polar surface area (TPSA) is 84.0 Å². The van der Waals surface area contributed by atoms with Crippen LogP contribution in [0.15, 0.2) is 48.5 Å². The number of hydrogen-bond donors (Lipinski definition) is 0. The first kappa shape index (κ1) is 22.0. The molecule has 0 saturated heterocycles. The van der Waals surface area contributed by atoms with Crippen LogP contribution in [0, 0.1) is 6.92 Å². The van der Waals surface area contributed by atoms with Crippen molar-refractivity contribution in [1.29, 1.82) is 0 Å². The molecule has 0 bridgehead atoms. The van der Waals surface area contributed by atoms with Crippen LogP contribution in [-0.4, -0.2) is 46.4 Å². The summed E-state index contributed by atoms with van der Waals surface area (Å²) in [6.07, 6.45) is -6.84. The van der Waals surface area contributed by atoms with Crippen molar-refractivity contribution in [2.45, 2.75) is 26.1 Å². The molecule has 3 amide bonds. The molecule has 10 heteroatoms. The Kier molecular flexibility index (Phi) is 5.83. The van der Waals surface area contributed by atoms with Crippen LogP contribution in [0.2, 0.25) is 0 Å². The van der Waals surface area contributed by atoms with Crippen LogP contribution >= 0.6 is 0 Å². The summed E-state index contributed by atoms with van der Waals surface area (Å²) < 4.78 is 43.1. The van der Waals surface area contributed by atoms with Crippen molar-refractivity contribution in [3.63, 3.8) is 0 Å². The Morgan fingerprint density at radius 1 is 1.00 bits per heavy atom. The Morgan fingerprint density at radius 3 is 1.97 bits per heavy atom. The molecule has 0 radical (unpaired) electrons. The van der Waals surface area contributed by atoms with Crippen LogP contribution in [0.5, 0.6) is 0 Å². The van der Waals surface area contributed by atoms with E-state index in [9.17, 15) is 32.3 Å². The van der Waals surface area contributed by atoms with Gasteiger partial charge in [-0.05, 0) is 24.6 Å². The number of hydrazine groups is 1. The van der Waals surface area contributed by atoms with Gasteiger partial charge in [-0.25, -0.2) is 9.80 Å². The van der Waals surface area contributed by atoms with Gasteiger partial charge < -0.3 is 4.74 Å². The molecule has 162 valence electrons. The highest BCUT2D eigenvalue weighted by molar-refractivity contribution is 6.21. The number of carbonyl (C=O) groups excluding carboxylic acids is 4. The smallest absolute Gasteiger partial charge is 0.449 e. The first-order valence-electron chi connectivity index (χ1n) is 9.11. The van der Waals surface area contributed by atoms with E-state index in [2.05, 4.69) is 4.74 Å². The zero-order chi connectivity index (χ0) is 22.9. The molecule has 3 rings (SSSR count). The normalized spacial score (nSPS) is 14.3. The lowest BCUT2D eigenvalue weighted by atomic mass is 10.1. The predicted molar refractivity (Wildman–Crippen MR) is 100 cm³/mol. The largest absolute Gasteiger partial charge is 0.490 e. The van der Waals surface area contributed by atoms with Gasteiger partial charge in [0.05, 0.1) is 17.7 Å². The molecule has 2 aromatic rings. The SMILES string of the molecule is CC(=O)N(CC(OC(=O)C(F)(F)F)c1ccc(C)cc1)N1C(=O)c2ccccc2C1=O. The van der Waals surface area contributed by atoms with Crippen molar-refractivity contribution in [3.05, 3.63) is 70.8 Å². The highest BCUT2D eigenvalue weighted by atomic mass is 19.4. The molecule has 0 spiro atoms. The number of halogens is 3. The van der Waals surface area contributed by atoms with Crippen molar-refractivity contribution >= 4 is 23.7 Å². The second kappa shape index (κ2) is 8.21. The maximum atomic E-state index is 12.8. The fourth-order valence-corrected chi connectivity index (χ4v) is 3.09. The van der Waals surface area contributed by atoms with E-state index in [1.807, 2.05) is 0 Å². The van der Waals surface area contributed by atoms with Gasteiger partial charge in [0, 0.05) is 6.92 Å². The number of alkyl halides is 3. The standard InChI is InChI=1S/C21H17F3N2O5/c1-12-7-9-14(10-8-12)17(31-20(30)21(22,23)24)11-25(13(2)27)26-18(28)15-5-3-4-6-16(15)19(26)29/h3-10,17H,11H2,1-2H3. The second-order valence-corrected chi connectivity index (χ2v) is 6.87. The van der Waals surface area contributed by atoms with Gasteiger partial charge in [0.2, 0.25) is 5.91 Å². The fraction of sp³-hybridized carbons (Fsp3) is 0.238. The van der Waals surface area contributed by atoms with E-state index in [-0.39, 0.29) is 16.7 Å². The van der Waals surface area contributed by atoms with Crippen LogP contribution in [0.1, 0.15) is 44.9 Å². The number of benzene rings is 2. The van der Waals surface area contributed by atoms with Gasteiger partial charge in [0.1, 0.15) is 6.10 Å². The van der Waals surface area contributed by atoms with Gasteiger partial charge in [0.25, 0.3) is 11.8 Å². The Labute approximate surface area is 175 Å². The van der Waals surface area contributed by atoms with Gasteiger partial charge in [0.15, 0.2) is 0 Å². The molecule has 31 heavy (non-hydrogen) atoms. The van der Waals surface area contributed by atoms with Crippen LogP contribution in [0.4, 0.5) is 13.2 Å². The van der Waals surface area contributed by atoms with E-state index < -0.39 is 42.5 Å². The molecule has 0 fully saturated rings. The fourth-order valence-electron chi connectivity index (χ4n) is 3.09. The summed E-state index contributed by atoms with van der Waals surface area (Å²) in [5, 5.41) is 1.23. The van der Waals surface area contributed by atoms with E-state index in [4.69, 9.17) is 0 Å². The number of hydrogen-bond acceptors (Lipinski definition) is 5. The maximum Gasteiger partial charge on any atom is 0.490 e. The van der Waals surface area contributed by atoms with Crippen molar-refractivity contribution in [3.8, 4) is 0 Å². The number of imide groups is 1. The number of esters is 1. The number of rotatable bonds is 5. The van der Waals surface area contributed by atoms with Crippen LogP contribution in [0.3, 0.4) is 0 Å². The second-order valence-electron chi connectivity index (χ2n) is 6.87. The molecule has 1 heterocycles. The average molecular weight is 434 g/mol. The van der Waals surface area contributed by atoms with E-state index in [1.54, 1.807) is 19.1 Å². The summed E-state index contributed by atoms with van der Waals surface area (Å²) >= 11 is 0. The van der Waals surface area contributed by atoms with Gasteiger partial charge in [-0.2, -0.15) is 18.2 Å². The van der Waals surface area contributed by atoms with Gasteiger partial charge in [-0.15, -0.1) is 0 Å². The summed E-state index contributed by atoms with van der Waals surface area (Å²) in [7, 11) is 0. The molecule has 0 saturated carbocycles. The summed E-state index contributed by atoms with van der Waals surface area (Å²) in [4.78, 5) is 49.2. The Bertz CT molecular complexity index is 1010. The molecule has 1 atom stereocenters. The van der Waals surface area contributed by atoms with E-state index in [0.717, 1.165) is 12.5 Å². The van der Waals surface area contributed by atoms with Crippen molar-refractivity contribution in [2.24, 2.45) is 0 Å². The third-order valence-corrected chi connectivity index (χ3v) is 4.65.